The number of carbonyl (C=O) groups is 4. The zero-order chi connectivity index (χ0) is 27.0. The lowest BCUT2D eigenvalue weighted by atomic mass is 9.98. The van der Waals surface area contributed by atoms with E-state index in [-0.39, 0.29) is 6.61 Å². The van der Waals surface area contributed by atoms with Crippen LogP contribution in [0.4, 0.5) is 0 Å². The Balaban J connectivity index is 2.52. The molecular formula is C24H34O11Si. The lowest BCUT2D eigenvalue weighted by molar-refractivity contribution is -0.334. The van der Waals surface area contributed by atoms with E-state index >= 15 is 0 Å². The van der Waals surface area contributed by atoms with Crippen LogP contribution in [0.25, 0.3) is 0 Å². The van der Waals surface area contributed by atoms with Crippen molar-refractivity contribution in [3.05, 3.63) is 35.9 Å². The highest BCUT2D eigenvalue weighted by Gasteiger charge is 2.53. The predicted molar refractivity (Wildman–Crippen MR) is 127 cm³/mol. The van der Waals surface area contributed by atoms with E-state index in [1.807, 2.05) is 37.8 Å². The molecule has 6 unspecified atom stereocenters. The molecule has 1 aliphatic heterocycles. The zero-order valence-corrected chi connectivity index (χ0v) is 22.5. The lowest BCUT2D eigenvalue weighted by Crippen LogP contribution is -2.63. The molecule has 0 saturated carbocycles. The van der Waals surface area contributed by atoms with Gasteiger partial charge in [-0.15, -0.1) is 0 Å². The van der Waals surface area contributed by atoms with Crippen molar-refractivity contribution >= 4 is 32.2 Å². The summed E-state index contributed by atoms with van der Waals surface area (Å²) >= 11 is 0. The molecule has 1 fully saturated rings. The van der Waals surface area contributed by atoms with E-state index < -0.39 is 69.2 Å². The van der Waals surface area contributed by atoms with Crippen molar-refractivity contribution in [1.82, 2.24) is 0 Å². The quantitative estimate of drug-likeness (QED) is 0.193. The molecule has 6 atom stereocenters. The topological polar surface area (TPSA) is 133 Å². The maximum Gasteiger partial charge on any atom is 0.303 e. The average Bonchev–Trinajstić information content (AvgIpc) is 2.74. The summed E-state index contributed by atoms with van der Waals surface area (Å²) in [6.45, 7) is 10.3. The molecule has 0 radical (unpaired) electrons. The molecule has 1 saturated heterocycles. The molecular weight excluding hydrogens is 492 g/mol. The average molecular weight is 527 g/mol. The summed E-state index contributed by atoms with van der Waals surface area (Å²) in [6.07, 6.45) is -7.30. The van der Waals surface area contributed by atoms with E-state index in [4.69, 9.17) is 32.8 Å². The SMILES string of the molecule is CC(=O)OCC1OC(OC(O[Si](C)(C)C)c2ccccc2)C(OC(C)=O)C(OC(C)=O)C1OC(C)=O. The molecule has 12 heteroatoms. The summed E-state index contributed by atoms with van der Waals surface area (Å²) in [7, 11) is -2.18. The fourth-order valence-electron chi connectivity index (χ4n) is 3.53. The first-order valence-corrected chi connectivity index (χ1v) is 14.9. The standard InChI is InChI=1S/C24H34O11Si/c1-14(25)29-13-19-20(30-15(2)26)21(31-16(3)27)22(32-17(4)28)24(33-19)34-23(35-36(5,6)7)18-11-9-8-10-12-18/h8-12,19-24H,13H2,1-7H3. The second-order valence-electron chi connectivity index (χ2n) is 9.18. The van der Waals surface area contributed by atoms with Gasteiger partial charge in [-0.1, -0.05) is 30.3 Å². The first-order chi connectivity index (χ1) is 16.8. The van der Waals surface area contributed by atoms with Crippen LogP contribution in [0.15, 0.2) is 30.3 Å². The summed E-state index contributed by atoms with van der Waals surface area (Å²) in [4.78, 5) is 47.4. The van der Waals surface area contributed by atoms with Crippen molar-refractivity contribution in [1.29, 1.82) is 0 Å². The van der Waals surface area contributed by atoms with Crippen LogP contribution in [0.3, 0.4) is 0 Å². The maximum atomic E-state index is 12.0. The molecule has 36 heavy (non-hydrogen) atoms. The smallest absolute Gasteiger partial charge is 0.303 e. The number of benzene rings is 1. The fourth-order valence-corrected chi connectivity index (χ4v) is 4.36. The molecule has 0 spiro atoms. The Morgan fingerprint density at radius 1 is 0.806 bits per heavy atom. The first kappa shape index (κ1) is 29.4. The van der Waals surface area contributed by atoms with Gasteiger partial charge in [0.25, 0.3) is 0 Å². The van der Waals surface area contributed by atoms with Crippen LogP contribution in [-0.2, 0) is 52.0 Å². The van der Waals surface area contributed by atoms with Gasteiger partial charge in [0.05, 0.1) is 0 Å². The van der Waals surface area contributed by atoms with Crippen LogP contribution in [0.2, 0.25) is 19.6 Å². The van der Waals surface area contributed by atoms with Crippen molar-refractivity contribution in [2.45, 2.75) is 84.3 Å². The van der Waals surface area contributed by atoms with Gasteiger partial charge in [-0.25, -0.2) is 0 Å². The van der Waals surface area contributed by atoms with E-state index in [2.05, 4.69) is 0 Å². The summed E-state index contributed by atoms with van der Waals surface area (Å²) in [5.74, 6) is -2.75. The molecule has 1 aliphatic rings. The van der Waals surface area contributed by atoms with Gasteiger partial charge in [-0.2, -0.15) is 0 Å². The Labute approximate surface area is 211 Å². The second kappa shape index (κ2) is 12.9. The number of hydrogen-bond acceptors (Lipinski definition) is 11. The molecule has 0 amide bonds. The fraction of sp³-hybridized carbons (Fsp3) is 0.583. The van der Waals surface area contributed by atoms with Gasteiger partial charge < -0.3 is 32.8 Å². The van der Waals surface area contributed by atoms with E-state index in [0.717, 1.165) is 13.8 Å². The molecule has 0 aliphatic carbocycles. The zero-order valence-electron chi connectivity index (χ0n) is 21.5. The maximum absolute atomic E-state index is 12.0. The predicted octanol–water partition coefficient (Wildman–Crippen LogP) is 2.64. The minimum Gasteiger partial charge on any atom is -0.463 e. The number of rotatable bonds is 10. The van der Waals surface area contributed by atoms with Crippen LogP contribution in [-0.4, -0.2) is 69.5 Å². The minimum atomic E-state index is -2.18. The van der Waals surface area contributed by atoms with Gasteiger partial charge in [0, 0.05) is 33.3 Å². The van der Waals surface area contributed by atoms with Crippen LogP contribution >= 0.6 is 0 Å². The molecule has 1 heterocycles. The Morgan fingerprint density at radius 2 is 1.33 bits per heavy atom. The molecule has 2 rings (SSSR count). The van der Waals surface area contributed by atoms with Gasteiger partial charge in [0.15, 0.2) is 32.9 Å². The van der Waals surface area contributed by atoms with E-state index in [1.54, 1.807) is 12.1 Å². The van der Waals surface area contributed by atoms with E-state index in [1.165, 1.54) is 13.8 Å². The van der Waals surface area contributed by atoms with Gasteiger partial charge >= 0.3 is 23.9 Å². The third-order valence-electron chi connectivity index (χ3n) is 4.74. The third kappa shape index (κ3) is 9.34. The molecule has 11 nitrogen and oxygen atoms in total. The monoisotopic (exact) mass is 526 g/mol. The van der Waals surface area contributed by atoms with Crippen molar-refractivity contribution in [3.63, 3.8) is 0 Å². The highest BCUT2D eigenvalue weighted by Crippen LogP contribution is 2.34. The van der Waals surface area contributed by atoms with Crippen LogP contribution in [0.1, 0.15) is 39.5 Å². The summed E-state index contributed by atoms with van der Waals surface area (Å²) in [6, 6.07) is 9.06. The van der Waals surface area contributed by atoms with Crippen molar-refractivity contribution < 1.29 is 52.0 Å². The number of esters is 4. The second-order valence-corrected chi connectivity index (χ2v) is 13.6. The minimum absolute atomic E-state index is 0.345. The third-order valence-corrected chi connectivity index (χ3v) is 5.66. The van der Waals surface area contributed by atoms with Crippen LogP contribution < -0.4 is 0 Å². The van der Waals surface area contributed by atoms with Gasteiger partial charge in [-0.05, 0) is 19.6 Å². The van der Waals surface area contributed by atoms with Crippen LogP contribution in [0.5, 0.6) is 0 Å². The Hall–Kier alpha value is -2.80. The Morgan fingerprint density at radius 3 is 1.83 bits per heavy atom. The number of carbonyl (C=O) groups excluding carboxylic acids is 4. The highest BCUT2D eigenvalue weighted by molar-refractivity contribution is 6.69. The van der Waals surface area contributed by atoms with E-state index in [0.29, 0.717) is 5.56 Å². The summed E-state index contributed by atoms with van der Waals surface area (Å²) < 4.78 is 39.9. The van der Waals surface area contributed by atoms with Gasteiger partial charge in [0.1, 0.15) is 12.7 Å². The van der Waals surface area contributed by atoms with Crippen molar-refractivity contribution in [2.75, 3.05) is 6.61 Å². The summed E-state index contributed by atoms with van der Waals surface area (Å²) in [5.41, 5.74) is 0.674. The highest BCUT2D eigenvalue weighted by atomic mass is 28.4. The van der Waals surface area contributed by atoms with Crippen LogP contribution in [0, 0.1) is 0 Å². The summed E-state index contributed by atoms with van der Waals surface area (Å²) in [5, 5.41) is 0. The van der Waals surface area contributed by atoms with E-state index in [9.17, 15) is 19.2 Å². The number of hydrogen-bond donors (Lipinski definition) is 0. The van der Waals surface area contributed by atoms with Gasteiger partial charge in [0.2, 0.25) is 6.29 Å². The number of ether oxygens (including phenoxy) is 6. The molecule has 1 aromatic rings. The molecule has 1 aromatic carbocycles. The van der Waals surface area contributed by atoms with Crippen molar-refractivity contribution in [3.8, 4) is 0 Å². The Kier molecular flexibility index (Phi) is 10.6. The molecule has 0 N–H and O–H groups in total. The lowest BCUT2D eigenvalue weighted by Gasteiger charge is -2.45. The molecule has 0 bridgehead atoms. The van der Waals surface area contributed by atoms with Gasteiger partial charge in [-0.3, -0.25) is 19.2 Å². The normalized spacial score (nSPS) is 24.8. The Bertz CT molecular complexity index is 914. The van der Waals surface area contributed by atoms with Crippen molar-refractivity contribution in [2.24, 2.45) is 0 Å². The molecule has 200 valence electrons. The first-order valence-electron chi connectivity index (χ1n) is 11.5. The molecule has 0 aromatic heterocycles. The largest absolute Gasteiger partial charge is 0.463 e.